The van der Waals surface area contributed by atoms with Crippen molar-refractivity contribution < 1.29 is 9.53 Å². The predicted octanol–water partition coefficient (Wildman–Crippen LogP) is 3.94. The van der Waals surface area contributed by atoms with E-state index in [0.29, 0.717) is 22.8 Å². The van der Waals surface area contributed by atoms with E-state index in [1.807, 2.05) is 54.7 Å². The molecule has 8 heteroatoms. The van der Waals surface area contributed by atoms with Crippen LogP contribution >= 0.6 is 11.6 Å². The van der Waals surface area contributed by atoms with Gasteiger partial charge in [-0.05, 0) is 43.3 Å². The normalized spacial score (nSPS) is 14.5. The highest BCUT2D eigenvalue weighted by Crippen LogP contribution is 2.27. The number of para-hydroxylation sites is 1. The summed E-state index contributed by atoms with van der Waals surface area (Å²) in [5, 5.41) is 17.9. The van der Waals surface area contributed by atoms with Crippen LogP contribution in [0.1, 0.15) is 12.0 Å². The first kappa shape index (κ1) is 23.7. The molecule has 0 radical (unpaired) electrons. The maximum absolute atomic E-state index is 12.7. The molecule has 1 amide bonds. The van der Waals surface area contributed by atoms with Crippen molar-refractivity contribution in [2.45, 2.75) is 6.42 Å². The summed E-state index contributed by atoms with van der Waals surface area (Å²) in [5.74, 6) is -0.390. The molecule has 1 fully saturated rings. The van der Waals surface area contributed by atoms with Gasteiger partial charge in [0.1, 0.15) is 11.6 Å². The molecule has 0 atom stereocenters. The van der Waals surface area contributed by atoms with Gasteiger partial charge in [0.2, 0.25) is 0 Å². The Bertz CT molecular complexity index is 1180. The van der Waals surface area contributed by atoms with E-state index in [1.165, 1.54) is 0 Å². The van der Waals surface area contributed by atoms with Crippen molar-refractivity contribution in [2.24, 2.45) is 0 Å². The predicted molar refractivity (Wildman–Crippen MR) is 132 cm³/mol. The molecule has 0 unspecified atom stereocenters. The molecule has 3 aromatic rings. The van der Waals surface area contributed by atoms with Crippen molar-refractivity contribution in [1.29, 1.82) is 5.26 Å². The van der Waals surface area contributed by atoms with Crippen molar-refractivity contribution in [3.63, 3.8) is 0 Å². The summed E-state index contributed by atoms with van der Waals surface area (Å²) in [7, 11) is 0. The van der Waals surface area contributed by atoms with Gasteiger partial charge in [0.25, 0.3) is 5.91 Å². The summed E-state index contributed by atoms with van der Waals surface area (Å²) >= 11 is 6.06. The van der Waals surface area contributed by atoms with Crippen LogP contribution in [0.2, 0.25) is 5.02 Å². The molecule has 1 aliphatic heterocycles. The Hall–Kier alpha value is -3.44. The molecule has 7 nitrogen and oxygen atoms in total. The Morgan fingerprint density at radius 2 is 1.88 bits per heavy atom. The number of hydrogen-bond acceptors (Lipinski definition) is 5. The van der Waals surface area contributed by atoms with Gasteiger partial charge < -0.3 is 10.1 Å². The van der Waals surface area contributed by atoms with Crippen LogP contribution in [0.3, 0.4) is 0 Å². The van der Waals surface area contributed by atoms with Crippen LogP contribution in [0.5, 0.6) is 0 Å². The highest BCUT2D eigenvalue weighted by Gasteiger charge is 2.15. The Morgan fingerprint density at radius 3 is 2.59 bits per heavy atom. The lowest BCUT2D eigenvalue weighted by Crippen LogP contribution is -2.38. The lowest BCUT2D eigenvalue weighted by molar-refractivity contribution is -0.117. The Kier molecular flexibility index (Phi) is 8.10. The monoisotopic (exact) mass is 475 g/mol. The van der Waals surface area contributed by atoms with Crippen molar-refractivity contribution in [1.82, 2.24) is 20.0 Å². The smallest absolute Gasteiger partial charge is 0.261 e. The molecule has 174 valence electrons. The summed E-state index contributed by atoms with van der Waals surface area (Å²) in [6.45, 7) is 4.72. The van der Waals surface area contributed by atoms with E-state index in [2.05, 4.69) is 10.2 Å². The number of hydrogen-bond donors (Lipinski definition) is 1. The molecular formula is C26H26ClN5O2. The SMILES string of the molecule is N#C/C(=C\c1cn(-c2ccccc2)nc1-c1ccc(Cl)cc1)C(=O)NCCCN1CCOCC1. The van der Waals surface area contributed by atoms with Crippen LogP contribution in [0.4, 0.5) is 0 Å². The third kappa shape index (κ3) is 6.12. The van der Waals surface area contributed by atoms with E-state index in [0.717, 1.165) is 50.5 Å². The average Bonchev–Trinajstić information content (AvgIpc) is 3.30. The first-order valence-electron chi connectivity index (χ1n) is 11.2. The van der Waals surface area contributed by atoms with Gasteiger partial charge in [-0.2, -0.15) is 10.4 Å². The van der Waals surface area contributed by atoms with Gasteiger partial charge in [-0.25, -0.2) is 4.68 Å². The molecule has 1 saturated heterocycles. The summed E-state index contributed by atoms with van der Waals surface area (Å²) in [5.41, 5.74) is 3.09. The average molecular weight is 476 g/mol. The Morgan fingerprint density at radius 1 is 1.15 bits per heavy atom. The second-order valence-electron chi connectivity index (χ2n) is 7.95. The van der Waals surface area contributed by atoms with E-state index >= 15 is 0 Å². The quantitative estimate of drug-likeness (QED) is 0.303. The Labute approximate surface area is 204 Å². The molecule has 4 rings (SSSR count). The van der Waals surface area contributed by atoms with Crippen molar-refractivity contribution in [2.75, 3.05) is 39.4 Å². The minimum absolute atomic E-state index is 0.0363. The molecule has 2 aromatic carbocycles. The molecule has 2 heterocycles. The summed E-state index contributed by atoms with van der Waals surface area (Å²) in [6.07, 6.45) is 4.22. The van der Waals surface area contributed by atoms with Gasteiger partial charge in [-0.3, -0.25) is 9.69 Å². The van der Waals surface area contributed by atoms with Gasteiger partial charge >= 0.3 is 0 Å². The number of morpholine rings is 1. The van der Waals surface area contributed by atoms with Crippen LogP contribution in [0.15, 0.2) is 66.4 Å². The number of benzene rings is 2. The first-order chi connectivity index (χ1) is 16.6. The summed E-state index contributed by atoms with van der Waals surface area (Å²) < 4.78 is 7.10. The van der Waals surface area contributed by atoms with Crippen LogP contribution in [-0.4, -0.2) is 60.0 Å². The van der Waals surface area contributed by atoms with Crippen molar-refractivity contribution >= 4 is 23.6 Å². The number of aromatic nitrogens is 2. The fourth-order valence-corrected chi connectivity index (χ4v) is 3.89. The minimum atomic E-state index is -0.390. The highest BCUT2D eigenvalue weighted by molar-refractivity contribution is 6.30. The van der Waals surface area contributed by atoms with Gasteiger partial charge in [0.15, 0.2) is 0 Å². The molecule has 34 heavy (non-hydrogen) atoms. The minimum Gasteiger partial charge on any atom is -0.379 e. The fraction of sp³-hybridized carbons (Fsp3) is 0.269. The van der Waals surface area contributed by atoms with E-state index in [4.69, 9.17) is 21.4 Å². The van der Waals surface area contributed by atoms with Crippen molar-refractivity contribution in [3.05, 3.63) is 77.0 Å². The third-order valence-corrected chi connectivity index (χ3v) is 5.84. The van der Waals surface area contributed by atoms with Crippen LogP contribution in [0.25, 0.3) is 23.0 Å². The van der Waals surface area contributed by atoms with Gasteiger partial charge in [-0.1, -0.05) is 41.9 Å². The van der Waals surface area contributed by atoms with Gasteiger partial charge in [0, 0.05) is 42.0 Å². The maximum Gasteiger partial charge on any atom is 0.261 e. The molecule has 0 bridgehead atoms. The molecule has 0 aliphatic carbocycles. The number of ether oxygens (including phenoxy) is 1. The molecule has 1 aliphatic rings. The zero-order chi connectivity index (χ0) is 23.8. The van der Waals surface area contributed by atoms with E-state index in [9.17, 15) is 10.1 Å². The molecular weight excluding hydrogens is 450 g/mol. The van der Waals surface area contributed by atoms with E-state index in [-0.39, 0.29) is 11.5 Å². The topological polar surface area (TPSA) is 83.2 Å². The number of nitrogens with one attached hydrogen (secondary N) is 1. The third-order valence-electron chi connectivity index (χ3n) is 5.59. The zero-order valence-corrected chi connectivity index (χ0v) is 19.5. The van der Waals surface area contributed by atoms with Gasteiger partial charge in [0.05, 0.1) is 24.6 Å². The molecule has 1 N–H and O–H groups in total. The number of halogens is 1. The number of amides is 1. The maximum atomic E-state index is 12.7. The van der Waals surface area contributed by atoms with Crippen molar-refractivity contribution in [3.8, 4) is 23.0 Å². The second kappa shape index (κ2) is 11.6. The van der Waals surface area contributed by atoms with Gasteiger partial charge in [-0.15, -0.1) is 0 Å². The number of rotatable bonds is 8. The standard InChI is InChI=1S/C26H26ClN5O2/c27-23-9-7-20(8-10-23)25-22(19-32(30-25)24-5-2-1-3-6-24)17-21(18-28)26(33)29-11-4-12-31-13-15-34-16-14-31/h1-3,5-10,17,19H,4,11-16H2,(H,29,33)/b21-17+. The molecule has 1 aromatic heterocycles. The lowest BCUT2D eigenvalue weighted by Gasteiger charge is -2.26. The van der Waals surface area contributed by atoms with Crippen LogP contribution in [0, 0.1) is 11.3 Å². The molecule has 0 spiro atoms. The fourth-order valence-electron chi connectivity index (χ4n) is 3.77. The number of nitrogens with zero attached hydrogens (tertiary/aromatic N) is 4. The van der Waals surface area contributed by atoms with Crippen LogP contribution in [-0.2, 0) is 9.53 Å². The Balaban J connectivity index is 1.52. The highest BCUT2D eigenvalue weighted by atomic mass is 35.5. The van der Waals surface area contributed by atoms with E-state index in [1.54, 1.807) is 22.9 Å². The second-order valence-corrected chi connectivity index (χ2v) is 8.39. The first-order valence-corrected chi connectivity index (χ1v) is 11.6. The summed E-state index contributed by atoms with van der Waals surface area (Å²) in [4.78, 5) is 15.0. The lowest BCUT2D eigenvalue weighted by atomic mass is 10.1. The largest absolute Gasteiger partial charge is 0.379 e. The summed E-state index contributed by atoms with van der Waals surface area (Å²) in [6, 6.07) is 19.0. The van der Waals surface area contributed by atoms with Crippen LogP contribution < -0.4 is 5.32 Å². The molecule has 0 saturated carbocycles. The zero-order valence-electron chi connectivity index (χ0n) is 18.8. The number of carbonyl (C=O) groups is 1. The van der Waals surface area contributed by atoms with E-state index < -0.39 is 0 Å². The number of nitriles is 1. The number of carbonyl (C=O) groups excluding carboxylic acids is 1.